The van der Waals surface area contributed by atoms with E-state index < -0.39 is 0 Å². The molecule has 2 rings (SSSR count). The Balaban J connectivity index is 2.04. The summed E-state index contributed by atoms with van der Waals surface area (Å²) in [5.74, 6) is 0.526. The first-order chi connectivity index (χ1) is 9.51. The number of hydrogen-bond acceptors (Lipinski definition) is 3. The molecule has 1 saturated heterocycles. The minimum atomic E-state index is -0.216. The highest BCUT2D eigenvalue weighted by Gasteiger charge is 2.24. The van der Waals surface area contributed by atoms with Gasteiger partial charge >= 0.3 is 0 Å². The maximum atomic E-state index is 13.4. The molecule has 1 aliphatic rings. The number of nitrogens with one attached hydrogen (secondary N) is 1. The van der Waals surface area contributed by atoms with Gasteiger partial charge < -0.3 is 15.0 Å². The van der Waals surface area contributed by atoms with E-state index in [4.69, 9.17) is 4.74 Å². The summed E-state index contributed by atoms with van der Waals surface area (Å²) in [5, 5.41) is 3.61. The Morgan fingerprint density at radius 2 is 2.20 bits per heavy atom. The first kappa shape index (κ1) is 15.3. The molecule has 1 aliphatic heterocycles. The highest BCUT2D eigenvalue weighted by Crippen LogP contribution is 2.27. The molecule has 0 saturated carbocycles. The topological polar surface area (TPSA) is 24.5 Å². The molecule has 4 heteroatoms. The minimum absolute atomic E-state index is 0.0845. The van der Waals surface area contributed by atoms with Crippen LogP contribution in [0.2, 0.25) is 0 Å². The van der Waals surface area contributed by atoms with Crippen molar-refractivity contribution in [2.24, 2.45) is 0 Å². The Morgan fingerprint density at radius 1 is 1.45 bits per heavy atom. The highest BCUT2D eigenvalue weighted by atomic mass is 19.1. The summed E-state index contributed by atoms with van der Waals surface area (Å²) in [6.07, 6.45) is 2.25. The molecular formula is C16H25FN2O. The number of likely N-dealkylation sites (tertiary alicyclic amines) is 1. The second-order valence-corrected chi connectivity index (χ2v) is 5.83. The van der Waals surface area contributed by atoms with Crippen molar-refractivity contribution in [3.05, 3.63) is 29.6 Å². The van der Waals surface area contributed by atoms with Crippen molar-refractivity contribution in [2.45, 2.75) is 44.8 Å². The fourth-order valence-electron chi connectivity index (χ4n) is 2.93. The van der Waals surface area contributed by atoms with Crippen LogP contribution in [-0.2, 0) is 0 Å². The lowest BCUT2D eigenvalue weighted by molar-refractivity contribution is 0.163. The van der Waals surface area contributed by atoms with Crippen LogP contribution in [0.15, 0.2) is 18.2 Å². The van der Waals surface area contributed by atoms with Gasteiger partial charge in [-0.25, -0.2) is 4.39 Å². The van der Waals surface area contributed by atoms with E-state index in [1.807, 2.05) is 0 Å². The van der Waals surface area contributed by atoms with Gasteiger partial charge in [0.1, 0.15) is 11.6 Å². The summed E-state index contributed by atoms with van der Waals surface area (Å²) in [4.78, 5) is 2.38. The predicted molar refractivity (Wildman–Crippen MR) is 79.6 cm³/mol. The minimum Gasteiger partial charge on any atom is -0.496 e. The van der Waals surface area contributed by atoms with Gasteiger partial charge in [-0.1, -0.05) is 0 Å². The second-order valence-electron chi connectivity index (χ2n) is 5.83. The van der Waals surface area contributed by atoms with E-state index in [0.29, 0.717) is 12.1 Å². The lowest BCUT2D eigenvalue weighted by Gasteiger charge is -2.37. The molecule has 3 atom stereocenters. The Bertz CT molecular complexity index is 452. The fourth-order valence-corrected chi connectivity index (χ4v) is 2.93. The first-order valence-electron chi connectivity index (χ1n) is 7.31. The van der Waals surface area contributed by atoms with Crippen molar-refractivity contribution in [3.63, 3.8) is 0 Å². The molecule has 1 aromatic rings. The zero-order valence-corrected chi connectivity index (χ0v) is 12.8. The van der Waals surface area contributed by atoms with Gasteiger partial charge in [0.05, 0.1) is 7.11 Å². The van der Waals surface area contributed by atoms with E-state index in [9.17, 15) is 4.39 Å². The standard InChI is InChI=1S/C16H25FN2O/c1-11-9-14(7-8-19(11)3)18-12(2)15-10-13(17)5-6-16(15)20-4/h5-6,10-12,14,18H,7-9H2,1-4H3. The monoisotopic (exact) mass is 280 g/mol. The number of rotatable bonds is 4. The lowest BCUT2D eigenvalue weighted by Crippen LogP contribution is -2.46. The van der Waals surface area contributed by atoms with E-state index >= 15 is 0 Å². The van der Waals surface area contributed by atoms with Crippen molar-refractivity contribution < 1.29 is 9.13 Å². The van der Waals surface area contributed by atoms with Crippen LogP contribution in [0, 0.1) is 5.82 Å². The van der Waals surface area contributed by atoms with Crippen LogP contribution in [0.4, 0.5) is 4.39 Å². The van der Waals surface area contributed by atoms with E-state index in [0.717, 1.165) is 30.7 Å². The molecule has 20 heavy (non-hydrogen) atoms. The van der Waals surface area contributed by atoms with E-state index in [-0.39, 0.29) is 11.9 Å². The number of hydrogen-bond donors (Lipinski definition) is 1. The van der Waals surface area contributed by atoms with Gasteiger partial charge in [0.2, 0.25) is 0 Å². The number of benzene rings is 1. The Hall–Kier alpha value is -1.13. The lowest BCUT2D eigenvalue weighted by atomic mass is 9.97. The summed E-state index contributed by atoms with van der Waals surface area (Å²) in [7, 11) is 3.79. The van der Waals surface area contributed by atoms with Crippen LogP contribution in [0.25, 0.3) is 0 Å². The highest BCUT2D eigenvalue weighted by molar-refractivity contribution is 5.36. The van der Waals surface area contributed by atoms with Crippen LogP contribution in [-0.4, -0.2) is 37.7 Å². The van der Waals surface area contributed by atoms with Crippen molar-refractivity contribution in [1.82, 2.24) is 10.2 Å². The maximum Gasteiger partial charge on any atom is 0.123 e. The van der Waals surface area contributed by atoms with Crippen LogP contribution in [0.5, 0.6) is 5.75 Å². The molecular weight excluding hydrogens is 255 g/mol. The SMILES string of the molecule is COc1ccc(F)cc1C(C)NC1CCN(C)C(C)C1. The Morgan fingerprint density at radius 3 is 2.85 bits per heavy atom. The summed E-state index contributed by atoms with van der Waals surface area (Å²) in [6, 6.07) is 5.84. The van der Waals surface area contributed by atoms with E-state index in [1.54, 1.807) is 19.2 Å². The zero-order valence-electron chi connectivity index (χ0n) is 12.8. The molecule has 3 nitrogen and oxygen atoms in total. The van der Waals surface area contributed by atoms with Gasteiger partial charge in [-0.15, -0.1) is 0 Å². The quantitative estimate of drug-likeness (QED) is 0.917. The van der Waals surface area contributed by atoms with Gasteiger partial charge in [0.25, 0.3) is 0 Å². The smallest absolute Gasteiger partial charge is 0.123 e. The summed E-state index contributed by atoms with van der Waals surface area (Å²) in [6.45, 7) is 5.42. The fraction of sp³-hybridized carbons (Fsp3) is 0.625. The Labute approximate surface area is 121 Å². The molecule has 112 valence electrons. The normalized spacial score (nSPS) is 25.4. The molecule has 0 aromatic heterocycles. The molecule has 0 radical (unpaired) electrons. The van der Waals surface area contributed by atoms with Crippen molar-refractivity contribution in [2.75, 3.05) is 20.7 Å². The summed E-state index contributed by atoms with van der Waals surface area (Å²) < 4.78 is 18.8. The summed E-state index contributed by atoms with van der Waals surface area (Å²) >= 11 is 0. The van der Waals surface area contributed by atoms with Gasteiger partial charge in [-0.3, -0.25) is 0 Å². The van der Waals surface area contributed by atoms with E-state index in [1.165, 1.54) is 6.07 Å². The van der Waals surface area contributed by atoms with Gasteiger partial charge in [0, 0.05) is 23.7 Å². The van der Waals surface area contributed by atoms with Gasteiger partial charge in [-0.05, 0) is 58.5 Å². The van der Waals surface area contributed by atoms with Crippen molar-refractivity contribution >= 4 is 0 Å². The van der Waals surface area contributed by atoms with Crippen molar-refractivity contribution in [1.29, 1.82) is 0 Å². The van der Waals surface area contributed by atoms with Gasteiger partial charge in [-0.2, -0.15) is 0 Å². The van der Waals surface area contributed by atoms with Crippen LogP contribution in [0.1, 0.15) is 38.3 Å². The van der Waals surface area contributed by atoms with Crippen molar-refractivity contribution in [3.8, 4) is 5.75 Å². The molecule has 0 spiro atoms. The third kappa shape index (κ3) is 3.49. The number of methoxy groups -OCH3 is 1. The first-order valence-corrected chi connectivity index (χ1v) is 7.31. The molecule has 3 unspecified atom stereocenters. The predicted octanol–water partition coefficient (Wildman–Crippen LogP) is 2.97. The van der Waals surface area contributed by atoms with Gasteiger partial charge in [0.15, 0.2) is 0 Å². The molecule has 0 amide bonds. The number of ether oxygens (including phenoxy) is 1. The Kier molecular flexibility index (Phi) is 5.00. The molecule has 1 heterocycles. The van der Waals surface area contributed by atoms with Crippen LogP contribution in [0.3, 0.4) is 0 Å². The van der Waals surface area contributed by atoms with E-state index in [2.05, 4.69) is 31.1 Å². The largest absolute Gasteiger partial charge is 0.496 e. The average molecular weight is 280 g/mol. The molecule has 0 bridgehead atoms. The third-order valence-electron chi connectivity index (χ3n) is 4.35. The molecule has 1 N–H and O–H groups in total. The maximum absolute atomic E-state index is 13.4. The average Bonchev–Trinajstić information content (AvgIpc) is 2.43. The van der Waals surface area contributed by atoms with Crippen LogP contribution >= 0.6 is 0 Å². The third-order valence-corrected chi connectivity index (χ3v) is 4.35. The number of halogens is 1. The molecule has 0 aliphatic carbocycles. The summed E-state index contributed by atoms with van der Waals surface area (Å²) in [5.41, 5.74) is 0.888. The molecule has 1 aromatic carbocycles. The molecule has 1 fully saturated rings. The second kappa shape index (κ2) is 6.55. The number of piperidine rings is 1. The number of nitrogens with zero attached hydrogens (tertiary/aromatic N) is 1. The van der Waals surface area contributed by atoms with Crippen LogP contribution < -0.4 is 10.1 Å². The zero-order chi connectivity index (χ0) is 14.7.